The van der Waals surface area contributed by atoms with Gasteiger partial charge in [-0.1, -0.05) is 30.3 Å². The number of guanidine groups is 1. The van der Waals surface area contributed by atoms with E-state index in [-0.39, 0.29) is 6.10 Å². The quantitative estimate of drug-likeness (QED) is 0.534. The zero-order valence-electron chi connectivity index (χ0n) is 18.8. The summed E-state index contributed by atoms with van der Waals surface area (Å²) in [5, 5.41) is 7.74. The van der Waals surface area contributed by atoms with Gasteiger partial charge in [0.2, 0.25) is 0 Å². The van der Waals surface area contributed by atoms with E-state index in [4.69, 9.17) is 9.73 Å². The van der Waals surface area contributed by atoms with Gasteiger partial charge in [0.05, 0.1) is 19.3 Å². The van der Waals surface area contributed by atoms with E-state index in [2.05, 4.69) is 71.4 Å². The summed E-state index contributed by atoms with van der Waals surface area (Å²) < 4.78 is 7.81. The van der Waals surface area contributed by atoms with Crippen molar-refractivity contribution in [3.8, 4) is 0 Å². The fourth-order valence-electron chi connectivity index (χ4n) is 3.68. The predicted molar refractivity (Wildman–Crippen MR) is 121 cm³/mol. The maximum atomic E-state index is 5.98. The fourth-order valence-corrected chi connectivity index (χ4v) is 3.68. The lowest BCUT2D eigenvalue weighted by molar-refractivity contribution is -0.00805. The van der Waals surface area contributed by atoms with Gasteiger partial charge in [-0.3, -0.25) is 14.6 Å². The molecule has 30 heavy (non-hydrogen) atoms. The Morgan fingerprint density at radius 2 is 2.17 bits per heavy atom. The molecule has 1 fully saturated rings. The normalized spacial score (nSPS) is 18.6. The molecule has 2 unspecified atom stereocenters. The molecule has 3 rings (SSSR count). The van der Waals surface area contributed by atoms with Gasteiger partial charge in [-0.15, -0.1) is 0 Å². The van der Waals surface area contributed by atoms with Crippen LogP contribution in [-0.2, 0) is 18.3 Å². The van der Waals surface area contributed by atoms with Crippen molar-refractivity contribution in [1.82, 2.24) is 24.9 Å². The molecule has 2 aromatic rings. The summed E-state index contributed by atoms with van der Waals surface area (Å²) in [5.74, 6) is 0.979. The van der Waals surface area contributed by atoms with Crippen LogP contribution >= 0.6 is 0 Å². The molecule has 0 amide bonds. The zero-order valence-corrected chi connectivity index (χ0v) is 18.8. The summed E-state index contributed by atoms with van der Waals surface area (Å²) in [7, 11) is 4.12. The molecule has 1 N–H and O–H groups in total. The number of rotatable bonds is 8. The summed E-state index contributed by atoms with van der Waals surface area (Å²) in [5.41, 5.74) is 2.47. The van der Waals surface area contributed by atoms with E-state index in [1.165, 1.54) is 5.56 Å². The lowest BCUT2D eigenvalue weighted by Crippen LogP contribution is -2.48. The summed E-state index contributed by atoms with van der Waals surface area (Å²) >= 11 is 0. The van der Waals surface area contributed by atoms with Gasteiger partial charge >= 0.3 is 0 Å². The third-order valence-electron chi connectivity index (χ3n) is 5.63. The highest BCUT2D eigenvalue weighted by Gasteiger charge is 2.25. The second kappa shape index (κ2) is 11.1. The van der Waals surface area contributed by atoms with E-state index in [0.717, 1.165) is 50.7 Å². The first-order valence-electron chi connectivity index (χ1n) is 10.9. The average molecular weight is 413 g/mol. The number of aryl methyl sites for hydroxylation is 1. The molecule has 7 nitrogen and oxygen atoms in total. The van der Waals surface area contributed by atoms with Gasteiger partial charge in [-0.05, 0) is 32.9 Å². The van der Waals surface area contributed by atoms with Crippen LogP contribution < -0.4 is 5.32 Å². The second-order valence-electron chi connectivity index (χ2n) is 8.03. The van der Waals surface area contributed by atoms with Gasteiger partial charge in [0.1, 0.15) is 6.10 Å². The van der Waals surface area contributed by atoms with Crippen LogP contribution in [0.25, 0.3) is 0 Å². The van der Waals surface area contributed by atoms with Crippen molar-refractivity contribution < 1.29 is 4.74 Å². The molecule has 7 heteroatoms. The Balaban J connectivity index is 1.54. The van der Waals surface area contributed by atoms with Crippen LogP contribution in [0, 0.1) is 0 Å². The van der Waals surface area contributed by atoms with Crippen molar-refractivity contribution in [1.29, 1.82) is 0 Å². The molecule has 0 saturated carbocycles. The topological polar surface area (TPSA) is 57.9 Å². The number of nitrogens with zero attached hydrogens (tertiary/aromatic N) is 5. The predicted octanol–water partition coefficient (Wildman–Crippen LogP) is 2.67. The number of nitrogens with one attached hydrogen (secondary N) is 1. The van der Waals surface area contributed by atoms with Crippen LogP contribution in [-0.4, -0.2) is 71.4 Å². The molecule has 0 radical (unpaired) electrons. The minimum absolute atomic E-state index is 0.0345. The molecule has 1 aliphatic heterocycles. The Kier molecular flexibility index (Phi) is 8.28. The third kappa shape index (κ3) is 6.31. The van der Waals surface area contributed by atoms with E-state index in [0.29, 0.717) is 12.6 Å². The average Bonchev–Trinajstić information content (AvgIpc) is 3.20. The molecule has 2 heterocycles. The van der Waals surface area contributed by atoms with E-state index >= 15 is 0 Å². The first-order valence-corrected chi connectivity index (χ1v) is 10.9. The van der Waals surface area contributed by atoms with Gasteiger partial charge in [0, 0.05) is 51.0 Å². The molecule has 2 atom stereocenters. The van der Waals surface area contributed by atoms with Crippen molar-refractivity contribution >= 4 is 5.96 Å². The molecule has 1 saturated heterocycles. The molecule has 1 aromatic carbocycles. The van der Waals surface area contributed by atoms with Gasteiger partial charge < -0.3 is 15.0 Å². The first-order chi connectivity index (χ1) is 14.6. The summed E-state index contributed by atoms with van der Waals surface area (Å²) in [6.07, 6.45) is 4.98. The van der Waals surface area contributed by atoms with Crippen LogP contribution in [0.3, 0.4) is 0 Å². The number of ether oxygens (including phenoxy) is 1. The van der Waals surface area contributed by atoms with Gasteiger partial charge in [-0.2, -0.15) is 5.10 Å². The van der Waals surface area contributed by atoms with Crippen LogP contribution in [0.4, 0.5) is 0 Å². The Hall–Kier alpha value is -2.38. The van der Waals surface area contributed by atoms with Crippen LogP contribution in [0.5, 0.6) is 0 Å². The molecule has 0 aliphatic carbocycles. The minimum Gasteiger partial charge on any atom is -0.370 e. The van der Waals surface area contributed by atoms with Gasteiger partial charge in [0.25, 0.3) is 0 Å². The maximum absolute atomic E-state index is 5.98. The summed E-state index contributed by atoms with van der Waals surface area (Å²) in [6.45, 7) is 9.35. The lowest BCUT2D eigenvalue weighted by atomic mass is 10.1. The number of morpholine rings is 1. The Morgan fingerprint density at radius 1 is 1.37 bits per heavy atom. The van der Waals surface area contributed by atoms with Crippen molar-refractivity contribution in [2.24, 2.45) is 12.0 Å². The first kappa shape index (κ1) is 22.3. The van der Waals surface area contributed by atoms with E-state index in [1.54, 1.807) is 0 Å². The number of aliphatic imine (C=N–C) groups is 1. The standard InChI is InChI=1S/C23H36N6O/c1-5-24-23(29-13-14-30-22(18-29)21-15-26-28(4)17-21)25-12-11-19(2)27(3)16-20-9-7-6-8-10-20/h6-10,15,17,19,22H,5,11-14,16,18H2,1-4H3,(H,24,25). The highest BCUT2D eigenvalue weighted by atomic mass is 16.5. The van der Waals surface area contributed by atoms with Crippen LogP contribution in [0.1, 0.15) is 37.5 Å². The second-order valence-corrected chi connectivity index (χ2v) is 8.03. The molecule has 0 spiro atoms. The third-order valence-corrected chi connectivity index (χ3v) is 5.63. The zero-order chi connectivity index (χ0) is 21.3. The van der Waals surface area contributed by atoms with Crippen LogP contribution in [0.2, 0.25) is 0 Å². The smallest absolute Gasteiger partial charge is 0.194 e. The number of benzene rings is 1. The van der Waals surface area contributed by atoms with E-state index in [9.17, 15) is 0 Å². The lowest BCUT2D eigenvalue weighted by Gasteiger charge is -2.35. The highest BCUT2D eigenvalue weighted by molar-refractivity contribution is 5.80. The molecular formula is C23H36N6O. The van der Waals surface area contributed by atoms with Crippen molar-refractivity contribution in [3.05, 3.63) is 53.9 Å². The van der Waals surface area contributed by atoms with Crippen molar-refractivity contribution in [2.45, 2.75) is 39.0 Å². The maximum Gasteiger partial charge on any atom is 0.194 e. The molecule has 0 bridgehead atoms. The van der Waals surface area contributed by atoms with E-state index < -0.39 is 0 Å². The van der Waals surface area contributed by atoms with Gasteiger partial charge in [-0.25, -0.2) is 0 Å². The fraction of sp³-hybridized carbons (Fsp3) is 0.565. The number of hydrogen-bond donors (Lipinski definition) is 1. The van der Waals surface area contributed by atoms with Crippen molar-refractivity contribution in [2.75, 3.05) is 39.8 Å². The number of aromatic nitrogens is 2. The SMILES string of the molecule is CCNC(=NCCC(C)N(C)Cc1ccccc1)N1CCOC(c2cnn(C)c2)C1. The highest BCUT2D eigenvalue weighted by Crippen LogP contribution is 2.21. The van der Waals surface area contributed by atoms with Crippen LogP contribution in [0.15, 0.2) is 47.7 Å². The van der Waals surface area contributed by atoms with Gasteiger partial charge in [0.15, 0.2) is 5.96 Å². The molecule has 1 aliphatic rings. The number of hydrogen-bond acceptors (Lipinski definition) is 4. The summed E-state index contributed by atoms with van der Waals surface area (Å²) in [6, 6.07) is 11.1. The Morgan fingerprint density at radius 3 is 2.87 bits per heavy atom. The minimum atomic E-state index is 0.0345. The summed E-state index contributed by atoms with van der Waals surface area (Å²) in [4.78, 5) is 9.63. The molecule has 164 valence electrons. The Labute approximate surface area is 180 Å². The molecular weight excluding hydrogens is 376 g/mol. The largest absolute Gasteiger partial charge is 0.370 e. The van der Waals surface area contributed by atoms with Crippen molar-refractivity contribution in [3.63, 3.8) is 0 Å². The Bertz CT molecular complexity index is 790. The van der Waals surface area contributed by atoms with E-state index in [1.807, 2.05) is 24.1 Å². The molecule has 1 aromatic heterocycles. The monoisotopic (exact) mass is 412 g/mol.